The second-order valence-corrected chi connectivity index (χ2v) is 5.93. The minimum atomic E-state index is 0.105. The first-order valence-electron chi connectivity index (χ1n) is 3.15. The second-order valence-electron chi connectivity index (χ2n) is 3.23. The van der Waals surface area contributed by atoms with E-state index in [1.165, 1.54) is 0 Å². The first-order valence-corrected chi connectivity index (χ1v) is 5.66. The second kappa shape index (κ2) is 2.48. The molecule has 0 amide bonds. The van der Waals surface area contributed by atoms with Crippen molar-refractivity contribution >= 4 is 20.4 Å². The summed E-state index contributed by atoms with van der Waals surface area (Å²) in [6.07, 6.45) is 0. The van der Waals surface area contributed by atoms with Crippen LogP contribution in [0.15, 0.2) is 16.2 Å². The van der Waals surface area contributed by atoms with E-state index in [0.29, 0.717) is 5.41 Å². The maximum atomic E-state index is 2.34. The zero-order valence-corrected chi connectivity index (χ0v) is 8.47. The fraction of sp³-hybridized carbons (Fsp3) is 0.500. The van der Waals surface area contributed by atoms with Crippen LogP contribution < -0.4 is 0 Å². The molecule has 0 aromatic carbocycles. The van der Waals surface area contributed by atoms with E-state index < -0.39 is 0 Å². The first kappa shape index (κ1) is 7.38. The van der Waals surface area contributed by atoms with E-state index in [4.69, 9.17) is 0 Å². The Morgan fingerprint density at radius 3 is 2.22 bits per heavy atom. The molecule has 9 heavy (non-hydrogen) atoms. The Balaban J connectivity index is 2.90. The summed E-state index contributed by atoms with van der Waals surface area (Å²) >= 11 is 0.105. The van der Waals surface area contributed by atoms with Crippen molar-refractivity contribution in [2.24, 2.45) is 0 Å². The van der Waals surface area contributed by atoms with Crippen molar-refractivity contribution in [1.82, 2.24) is 0 Å². The molecule has 0 bridgehead atoms. The molecule has 0 atom stereocenters. The first-order chi connectivity index (χ1) is 4.11. The zero-order valence-electron chi connectivity index (χ0n) is 6.14. The SMILES string of the molecule is CC(C)(C)c1ccc[te]1. The van der Waals surface area contributed by atoms with Gasteiger partial charge in [-0.15, -0.1) is 0 Å². The Hall–Kier alpha value is 0.270. The van der Waals surface area contributed by atoms with Gasteiger partial charge in [0.25, 0.3) is 0 Å². The van der Waals surface area contributed by atoms with E-state index in [2.05, 4.69) is 37.0 Å². The van der Waals surface area contributed by atoms with Gasteiger partial charge in [-0.05, 0) is 0 Å². The minimum absolute atomic E-state index is 0.105. The van der Waals surface area contributed by atoms with Crippen LogP contribution in [-0.4, -0.2) is 20.4 Å². The molecular formula is C8H12Te. The summed E-state index contributed by atoms with van der Waals surface area (Å²) in [5.74, 6) is 0. The van der Waals surface area contributed by atoms with Gasteiger partial charge >= 0.3 is 66.4 Å². The van der Waals surface area contributed by atoms with Gasteiger partial charge in [0.2, 0.25) is 0 Å². The van der Waals surface area contributed by atoms with Crippen LogP contribution in [0.2, 0.25) is 0 Å². The van der Waals surface area contributed by atoms with Gasteiger partial charge in [-0.2, -0.15) is 0 Å². The molecule has 0 aliphatic heterocycles. The van der Waals surface area contributed by atoms with Crippen LogP contribution in [0, 0.1) is 0 Å². The van der Waals surface area contributed by atoms with E-state index in [1.54, 1.807) is 3.58 Å². The molecule has 1 heteroatoms. The van der Waals surface area contributed by atoms with Crippen molar-refractivity contribution in [1.29, 1.82) is 0 Å². The van der Waals surface area contributed by atoms with Crippen LogP contribution in [0.1, 0.15) is 24.4 Å². The van der Waals surface area contributed by atoms with E-state index in [9.17, 15) is 0 Å². The van der Waals surface area contributed by atoms with Crippen molar-refractivity contribution in [2.45, 2.75) is 26.2 Å². The van der Waals surface area contributed by atoms with Gasteiger partial charge in [0, 0.05) is 0 Å². The zero-order chi connectivity index (χ0) is 6.91. The van der Waals surface area contributed by atoms with Crippen molar-refractivity contribution in [3.8, 4) is 0 Å². The summed E-state index contributed by atoms with van der Waals surface area (Å²) in [7, 11) is 0. The Labute approximate surface area is 66.5 Å². The molecule has 1 aromatic rings. The summed E-state index contributed by atoms with van der Waals surface area (Å²) < 4.78 is 4.01. The van der Waals surface area contributed by atoms with Crippen molar-refractivity contribution in [3.05, 3.63) is 19.8 Å². The molecular weight excluding hydrogens is 224 g/mol. The molecule has 1 rings (SSSR count). The van der Waals surface area contributed by atoms with E-state index in [1.807, 2.05) is 0 Å². The van der Waals surface area contributed by atoms with Gasteiger partial charge in [0.1, 0.15) is 0 Å². The molecule has 0 aliphatic carbocycles. The standard InChI is InChI=1S/C8H12Te/c1-8(2,3)7-5-4-6-9-7/h4-6H,1-3H3. The fourth-order valence-corrected chi connectivity index (χ4v) is 3.03. The molecule has 0 spiro atoms. The fourth-order valence-electron chi connectivity index (χ4n) is 0.705. The van der Waals surface area contributed by atoms with Crippen molar-refractivity contribution in [3.63, 3.8) is 0 Å². The predicted molar refractivity (Wildman–Crippen MR) is 42.1 cm³/mol. The van der Waals surface area contributed by atoms with Crippen molar-refractivity contribution < 1.29 is 0 Å². The van der Waals surface area contributed by atoms with Crippen molar-refractivity contribution in [2.75, 3.05) is 0 Å². The Morgan fingerprint density at radius 1 is 1.33 bits per heavy atom. The van der Waals surface area contributed by atoms with Gasteiger partial charge in [0.05, 0.1) is 0 Å². The molecule has 0 fully saturated rings. The Bertz CT molecular complexity index is 167. The van der Waals surface area contributed by atoms with Gasteiger partial charge in [0.15, 0.2) is 0 Å². The van der Waals surface area contributed by atoms with Gasteiger partial charge in [-0.1, -0.05) is 0 Å². The topological polar surface area (TPSA) is 0 Å². The Morgan fingerprint density at radius 2 is 2.00 bits per heavy atom. The third-order valence-electron chi connectivity index (χ3n) is 1.26. The summed E-state index contributed by atoms with van der Waals surface area (Å²) in [6.45, 7) is 6.86. The third kappa shape index (κ3) is 1.85. The summed E-state index contributed by atoms with van der Waals surface area (Å²) in [5.41, 5.74) is 0.436. The molecule has 0 saturated carbocycles. The molecule has 0 N–H and O–H groups in total. The van der Waals surface area contributed by atoms with E-state index in [-0.39, 0.29) is 20.4 Å². The van der Waals surface area contributed by atoms with Crippen LogP contribution in [-0.2, 0) is 5.41 Å². The normalized spacial score (nSPS) is 11.9. The molecule has 0 saturated heterocycles. The molecule has 1 aromatic heterocycles. The molecule has 1 heterocycles. The number of rotatable bonds is 0. The summed E-state index contributed by atoms with van der Waals surface area (Å²) in [5, 5.41) is 0. The van der Waals surface area contributed by atoms with E-state index in [0.717, 1.165) is 0 Å². The van der Waals surface area contributed by atoms with Gasteiger partial charge in [-0.25, -0.2) is 0 Å². The van der Waals surface area contributed by atoms with Gasteiger partial charge < -0.3 is 0 Å². The van der Waals surface area contributed by atoms with E-state index >= 15 is 0 Å². The predicted octanol–water partition coefficient (Wildman–Crippen LogP) is 2.04. The molecule has 0 unspecified atom stereocenters. The van der Waals surface area contributed by atoms with Crippen LogP contribution >= 0.6 is 0 Å². The molecule has 50 valence electrons. The summed E-state index contributed by atoms with van der Waals surface area (Å²) in [4.78, 5) is 0. The average Bonchev–Trinajstić information content (AvgIpc) is 2.08. The molecule has 0 nitrogen and oxygen atoms in total. The third-order valence-corrected chi connectivity index (χ3v) is 4.96. The molecule has 0 aliphatic rings. The summed E-state index contributed by atoms with van der Waals surface area (Å²) in [6, 6.07) is 4.48. The van der Waals surface area contributed by atoms with Crippen LogP contribution in [0.25, 0.3) is 0 Å². The average molecular weight is 236 g/mol. The van der Waals surface area contributed by atoms with Crippen LogP contribution in [0.3, 0.4) is 0 Å². The van der Waals surface area contributed by atoms with Gasteiger partial charge in [-0.3, -0.25) is 0 Å². The number of hydrogen-bond donors (Lipinski definition) is 0. The van der Waals surface area contributed by atoms with Crippen LogP contribution in [0.4, 0.5) is 0 Å². The monoisotopic (exact) mass is 238 g/mol. The molecule has 0 radical (unpaired) electrons. The van der Waals surface area contributed by atoms with Crippen LogP contribution in [0.5, 0.6) is 0 Å². The quantitative estimate of drug-likeness (QED) is 0.604. The number of hydrogen-bond acceptors (Lipinski definition) is 0. The maximum absolute atomic E-state index is 2.34. The Kier molecular flexibility index (Phi) is 2.03.